The molecular weight excluding hydrogens is 270 g/mol. The second-order valence-electron chi connectivity index (χ2n) is 5.50. The first kappa shape index (κ1) is 16.5. The van der Waals surface area contributed by atoms with E-state index in [1.54, 1.807) is 24.3 Å². The summed E-state index contributed by atoms with van der Waals surface area (Å²) in [5.74, 6) is -0.152. The Kier molecular flexibility index (Phi) is 5.73. The summed E-state index contributed by atoms with van der Waals surface area (Å²) in [6, 6.07) is 8.41. The highest BCUT2D eigenvalue weighted by molar-refractivity contribution is 5.85. The van der Waals surface area contributed by atoms with Crippen molar-refractivity contribution in [1.82, 2.24) is 10.6 Å². The molecule has 6 nitrogen and oxygen atoms in total. The molecule has 0 aromatic heterocycles. The lowest BCUT2D eigenvalue weighted by Gasteiger charge is -2.20. The number of rotatable bonds is 5. The Morgan fingerprint density at radius 1 is 1.19 bits per heavy atom. The van der Waals surface area contributed by atoms with Gasteiger partial charge in [0.15, 0.2) is 6.61 Å². The van der Waals surface area contributed by atoms with Crippen molar-refractivity contribution in [1.29, 1.82) is 5.26 Å². The van der Waals surface area contributed by atoms with Gasteiger partial charge < -0.3 is 15.4 Å². The van der Waals surface area contributed by atoms with Gasteiger partial charge in [-0.1, -0.05) is 0 Å². The van der Waals surface area contributed by atoms with E-state index in [1.807, 2.05) is 26.8 Å². The molecule has 0 aliphatic rings. The van der Waals surface area contributed by atoms with E-state index >= 15 is 0 Å². The molecule has 0 bridgehead atoms. The van der Waals surface area contributed by atoms with Crippen molar-refractivity contribution in [3.63, 3.8) is 0 Å². The maximum Gasteiger partial charge on any atom is 0.258 e. The predicted molar refractivity (Wildman–Crippen MR) is 77.6 cm³/mol. The monoisotopic (exact) mass is 289 g/mol. The molecule has 0 saturated heterocycles. The summed E-state index contributed by atoms with van der Waals surface area (Å²) in [6.07, 6.45) is 0. The van der Waals surface area contributed by atoms with Crippen LogP contribution in [-0.4, -0.2) is 30.5 Å². The van der Waals surface area contributed by atoms with Crippen molar-refractivity contribution in [2.24, 2.45) is 0 Å². The third kappa shape index (κ3) is 6.97. The largest absolute Gasteiger partial charge is 0.484 e. The van der Waals surface area contributed by atoms with Crippen molar-refractivity contribution in [2.45, 2.75) is 26.3 Å². The second-order valence-corrected chi connectivity index (χ2v) is 5.50. The maximum atomic E-state index is 11.5. The van der Waals surface area contributed by atoms with E-state index < -0.39 is 0 Å². The van der Waals surface area contributed by atoms with E-state index in [4.69, 9.17) is 10.00 Å². The number of nitrogens with one attached hydrogen (secondary N) is 2. The highest BCUT2D eigenvalue weighted by atomic mass is 16.5. The van der Waals surface area contributed by atoms with Crippen molar-refractivity contribution >= 4 is 11.8 Å². The zero-order chi connectivity index (χ0) is 15.9. The minimum atomic E-state index is -0.386. The minimum absolute atomic E-state index is 0.0904. The quantitative estimate of drug-likeness (QED) is 0.845. The van der Waals surface area contributed by atoms with Crippen LogP contribution in [0.4, 0.5) is 0 Å². The van der Waals surface area contributed by atoms with Crippen molar-refractivity contribution in [2.75, 3.05) is 13.2 Å². The Hall–Kier alpha value is -2.55. The molecular formula is C15H19N3O3. The van der Waals surface area contributed by atoms with Gasteiger partial charge in [-0.05, 0) is 45.0 Å². The van der Waals surface area contributed by atoms with E-state index in [9.17, 15) is 9.59 Å². The Bertz CT molecular complexity index is 539. The van der Waals surface area contributed by atoms with Crippen LogP contribution < -0.4 is 15.4 Å². The molecule has 0 saturated carbocycles. The fourth-order valence-electron chi connectivity index (χ4n) is 1.47. The van der Waals surface area contributed by atoms with E-state index in [-0.39, 0.29) is 30.5 Å². The number of nitriles is 1. The Morgan fingerprint density at radius 3 is 2.33 bits per heavy atom. The van der Waals surface area contributed by atoms with Gasteiger partial charge in [-0.15, -0.1) is 0 Å². The molecule has 1 rings (SSSR count). The van der Waals surface area contributed by atoms with Gasteiger partial charge >= 0.3 is 0 Å². The van der Waals surface area contributed by atoms with E-state index in [0.717, 1.165) is 0 Å². The summed E-state index contributed by atoms with van der Waals surface area (Å²) in [5.41, 5.74) is 0.187. The number of ether oxygens (including phenoxy) is 1. The van der Waals surface area contributed by atoms with Crippen molar-refractivity contribution in [3.05, 3.63) is 29.8 Å². The molecule has 0 fully saturated rings. The molecule has 0 radical (unpaired) electrons. The number of amides is 2. The lowest BCUT2D eigenvalue weighted by atomic mass is 10.1. The molecule has 0 aliphatic carbocycles. The number of hydrogen-bond acceptors (Lipinski definition) is 4. The van der Waals surface area contributed by atoms with E-state index in [0.29, 0.717) is 11.3 Å². The molecule has 112 valence electrons. The molecule has 0 unspecified atom stereocenters. The number of carbonyl (C=O) groups is 2. The molecule has 1 aromatic carbocycles. The summed E-state index contributed by atoms with van der Waals surface area (Å²) < 4.78 is 5.25. The summed E-state index contributed by atoms with van der Waals surface area (Å²) >= 11 is 0. The Morgan fingerprint density at radius 2 is 1.81 bits per heavy atom. The first-order chi connectivity index (χ1) is 9.80. The van der Waals surface area contributed by atoms with Gasteiger partial charge in [0.2, 0.25) is 5.91 Å². The van der Waals surface area contributed by atoms with Gasteiger partial charge in [0.1, 0.15) is 5.75 Å². The lowest BCUT2D eigenvalue weighted by Crippen LogP contribution is -2.46. The topological polar surface area (TPSA) is 91.2 Å². The van der Waals surface area contributed by atoms with Crippen LogP contribution in [0, 0.1) is 11.3 Å². The van der Waals surface area contributed by atoms with Crippen molar-refractivity contribution in [3.8, 4) is 11.8 Å². The van der Waals surface area contributed by atoms with Gasteiger partial charge in [-0.2, -0.15) is 5.26 Å². The van der Waals surface area contributed by atoms with Gasteiger partial charge in [0.25, 0.3) is 5.91 Å². The number of nitrogens with zero attached hydrogens (tertiary/aromatic N) is 1. The number of carbonyl (C=O) groups excluding carboxylic acids is 2. The molecule has 0 atom stereocenters. The molecule has 21 heavy (non-hydrogen) atoms. The predicted octanol–water partition coefficient (Wildman–Crippen LogP) is 0.968. The Labute approximate surface area is 124 Å². The van der Waals surface area contributed by atoms with Crippen LogP contribution in [0.1, 0.15) is 26.3 Å². The summed E-state index contributed by atoms with van der Waals surface area (Å²) in [7, 11) is 0. The highest BCUT2D eigenvalue weighted by Gasteiger charge is 2.14. The number of benzene rings is 1. The third-order valence-corrected chi connectivity index (χ3v) is 2.31. The van der Waals surface area contributed by atoms with Gasteiger partial charge in [0, 0.05) is 5.54 Å². The fraction of sp³-hybridized carbons (Fsp3) is 0.400. The zero-order valence-electron chi connectivity index (χ0n) is 12.4. The first-order valence-corrected chi connectivity index (χ1v) is 6.51. The molecule has 0 spiro atoms. The average Bonchev–Trinajstić information content (AvgIpc) is 2.41. The second kappa shape index (κ2) is 7.29. The molecule has 2 amide bonds. The fourth-order valence-corrected chi connectivity index (χ4v) is 1.47. The van der Waals surface area contributed by atoms with Crippen LogP contribution in [-0.2, 0) is 9.59 Å². The molecule has 6 heteroatoms. The van der Waals surface area contributed by atoms with Crippen molar-refractivity contribution < 1.29 is 14.3 Å². The smallest absolute Gasteiger partial charge is 0.258 e. The van der Waals surface area contributed by atoms with E-state index in [1.165, 1.54) is 0 Å². The highest BCUT2D eigenvalue weighted by Crippen LogP contribution is 2.11. The minimum Gasteiger partial charge on any atom is -0.484 e. The summed E-state index contributed by atoms with van der Waals surface area (Å²) in [4.78, 5) is 23.1. The van der Waals surface area contributed by atoms with Gasteiger partial charge in [-0.3, -0.25) is 9.59 Å². The van der Waals surface area contributed by atoms with Crippen LogP contribution in [0.5, 0.6) is 5.75 Å². The normalized spacial score (nSPS) is 10.4. The lowest BCUT2D eigenvalue weighted by molar-refractivity contribution is -0.127. The molecule has 0 aliphatic heterocycles. The summed E-state index contributed by atoms with van der Waals surface area (Å²) in [6.45, 7) is 5.31. The van der Waals surface area contributed by atoms with E-state index in [2.05, 4.69) is 10.6 Å². The van der Waals surface area contributed by atoms with Crippen LogP contribution in [0.15, 0.2) is 24.3 Å². The van der Waals surface area contributed by atoms with Crippen LogP contribution in [0.25, 0.3) is 0 Å². The zero-order valence-corrected chi connectivity index (χ0v) is 12.4. The Balaban J connectivity index is 2.31. The van der Waals surface area contributed by atoms with Crippen LogP contribution in [0.3, 0.4) is 0 Å². The average molecular weight is 289 g/mol. The summed E-state index contributed by atoms with van der Waals surface area (Å²) in [5, 5.41) is 13.9. The van der Waals surface area contributed by atoms with Gasteiger partial charge in [-0.25, -0.2) is 0 Å². The van der Waals surface area contributed by atoms with Crippen LogP contribution in [0.2, 0.25) is 0 Å². The molecule has 2 N–H and O–H groups in total. The number of hydrogen-bond donors (Lipinski definition) is 2. The first-order valence-electron chi connectivity index (χ1n) is 6.51. The SMILES string of the molecule is CC(C)(C)NC(=O)CNC(=O)COc1ccc(C#N)cc1. The van der Waals surface area contributed by atoms with Crippen LogP contribution >= 0.6 is 0 Å². The molecule has 1 aromatic rings. The standard InChI is InChI=1S/C15H19N3O3/c1-15(2,3)18-13(19)9-17-14(20)10-21-12-6-4-11(8-16)5-7-12/h4-7H,9-10H2,1-3H3,(H,17,20)(H,18,19). The third-order valence-electron chi connectivity index (χ3n) is 2.31. The van der Waals surface area contributed by atoms with Gasteiger partial charge in [0.05, 0.1) is 18.2 Å². The molecule has 0 heterocycles. The maximum absolute atomic E-state index is 11.5.